The zero-order valence-electron chi connectivity index (χ0n) is 13.1. The minimum Gasteiger partial charge on any atom is -0.463 e. The van der Waals surface area contributed by atoms with Gasteiger partial charge in [-0.15, -0.1) is 0 Å². The summed E-state index contributed by atoms with van der Waals surface area (Å²) in [6.07, 6.45) is 1.20. The van der Waals surface area contributed by atoms with E-state index in [9.17, 15) is 13.6 Å². The second-order valence-corrected chi connectivity index (χ2v) is 6.23. The van der Waals surface area contributed by atoms with Gasteiger partial charge in [-0.3, -0.25) is 4.79 Å². The van der Waals surface area contributed by atoms with Gasteiger partial charge in [0, 0.05) is 25.6 Å². The van der Waals surface area contributed by atoms with E-state index in [1.165, 1.54) is 6.92 Å². The van der Waals surface area contributed by atoms with Crippen LogP contribution in [0.1, 0.15) is 32.3 Å². The Kier molecular flexibility index (Phi) is 5.51. The van der Waals surface area contributed by atoms with E-state index in [0.29, 0.717) is 25.9 Å². The minimum atomic E-state index is -0.667. The highest BCUT2D eigenvalue weighted by molar-refractivity contribution is 7.80. The molecule has 1 atom stereocenters. The van der Waals surface area contributed by atoms with Crippen LogP contribution in [0.2, 0.25) is 0 Å². The van der Waals surface area contributed by atoms with Crippen LogP contribution in [-0.4, -0.2) is 30.2 Å². The zero-order valence-corrected chi connectivity index (χ0v) is 14.0. The number of hydrogen-bond donors (Lipinski definition) is 1. The number of carbonyl (C=O) groups is 1. The normalized spacial score (nSPS) is 17.0. The lowest BCUT2D eigenvalue weighted by molar-refractivity contribution is -0.148. The highest BCUT2D eigenvalue weighted by atomic mass is 32.1. The van der Waals surface area contributed by atoms with Crippen LogP contribution < -0.4 is 10.6 Å². The summed E-state index contributed by atoms with van der Waals surface area (Å²) in [6.45, 7) is 4.22. The minimum absolute atomic E-state index is 0.0386. The molecule has 0 aliphatic carbocycles. The largest absolute Gasteiger partial charge is 0.463 e. The van der Waals surface area contributed by atoms with Crippen molar-refractivity contribution in [1.29, 1.82) is 0 Å². The van der Waals surface area contributed by atoms with E-state index < -0.39 is 11.6 Å². The van der Waals surface area contributed by atoms with Gasteiger partial charge in [0.2, 0.25) is 0 Å². The van der Waals surface area contributed by atoms with Gasteiger partial charge in [-0.05, 0) is 37.8 Å². The fourth-order valence-corrected chi connectivity index (χ4v) is 3.08. The lowest BCUT2D eigenvalue weighted by Gasteiger charge is -2.36. The number of rotatable bonds is 4. The number of thiocarbonyl (C=S) groups is 1. The van der Waals surface area contributed by atoms with E-state index >= 15 is 0 Å². The van der Waals surface area contributed by atoms with Gasteiger partial charge in [-0.25, -0.2) is 8.78 Å². The Labute approximate surface area is 139 Å². The van der Waals surface area contributed by atoms with Gasteiger partial charge in [0.05, 0.1) is 0 Å². The Morgan fingerprint density at radius 3 is 2.30 bits per heavy atom. The van der Waals surface area contributed by atoms with Crippen LogP contribution in [0.25, 0.3) is 0 Å². The average molecular weight is 342 g/mol. The van der Waals surface area contributed by atoms with Gasteiger partial charge in [0.1, 0.15) is 28.4 Å². The molecule has 1 aliphatic rings. The van der Waals surface area contributed by atoms with Crippen molar-refractivity contribution < 1.29 is 18.3 Å². The predicted molar refractivity (Wildman–Crippen MR) is 88.4 cm³/mol. The molecule has 0 amide bonds. The van der Waals surface area contributed by atoms with Crippen molar-refractivity contribution in [2.75, 3.05) is 18.0 Å². The molecule has 7 heteroatoms. The van der Waals surface area contributed by atoms with Gasteiger partial charge in [0.15, 0.2) is 0 Å². The number of halogens is 2. The van der Waals surface area contributed by atoms with Gasteiger partial charge in [0.25, 0.3) is 0 Å². The smallest absolute Gasteiger partial charge is 0.302 e. The lowest BCUT2D eigenvalue weighted by atomic mass is 9.91. The third-order valence-corrected chi connectivity index (χ3v) is 4.41. The second-order valence-electron chi connectivity index (χ2n) is 5.79. The third-order valence-electron chi connectivity index (χ3n) is 4.17. The molecule has 1 fully saturated rings. The molecule has 23 heavy (non-hydrogen) atoms. The summed E-state index contributed by atoms with van der Waals surface area (Å²) in [5, 5.41) is 0. The molecule has 1 unspecified atom stereocenters. The Bertz CT molecular complexity index is 593. The maximum Gasteiger partial charge on any atom is 0.302 e. The molecular weight excluding hydrogens is 322 g/mol. The summed E-state index contributed by atoms with van der Waals surface area (Å²) in [7, 11) is 0. The van der Waals surface area contributed by atoms with E-state index in [1.54, 1.807) is 4.90 Å². The highest BCUT2D eigenvalue weighted by Crippen LogP contribution is 2.30. The first-order chi connectivity index (χ1) is 10.8. The molecule has 0 saturated carbocycles. The molecule has 1 aromatic carbocycles. The summed E-state index contributed by atoms with van der Waals surface area (Å²) in [5.74, 6) is -1.46. The first-order valence-corrected chi connectivity index (χ1v) is 7.91. The number of piperidine rings is 1. The van der Waals surface area contributed by atoms with Gasteiger partial charge in [-0.2, -0.15) is 0 Å². The van der Waals surface area contributed by atoms with Gasteiger partial charge >= 0.3 is 5.97 Å². The standard InChI is InChI=1S/C16H20F2N2O2S/c1-9(22-10(2)21)11-3-5-20(6-4-11)15-13(17)7-12(16(19)23)8-14(15)18/h7-9,11H,3-6H2,1-2H3,(H2,19,23). The van der Waals surface area contributed by atoms with Crippen LogP contribution in [0.5, 0.6) is 0 Å². The van der Waals surface area contributed by atoms with Crippen LogP contribution in [0, 0.1) is 17.6 Å². The van der Waals surface area contributed by atoms with Crippen molar-refractivity contribution >= 4 is 28.9 Å². The Hall–Kier alpha value is -1.76. The highest BCUT2D eigenvalue weighted by Gasteiger charge is 2.28. The summed E-state index contributed by atoms with van der Waals surface area (Å²) < 4.78 is 33.6. The number of nitrogens with zero attached hydrogens (tertiary/aromatic N) is 1. The van der Waals surface area contributed by atoms with E-state index in [4.69, 9.17) is 22.7 Å². The van der Waals surface area contributed by atoms with Crippen molar-refractivity contribution in [1.82, 2.24) is 0 Å². The Balaban J connectivity index is 2.08. The van der Waals surface area contributed by atoms with E-state index in [0.717, 1.165) is 12.1 Å². The first-order valence-electron chi connectivity index (χ1n) is 7.50. The van der Waals surface area contributed by atoms with Crippen molar-refractivity contribution in [3.63, 3.8) is 0 Å². The molecule has 2 N–H and O–H groups in total. The average Bonchev–Trinajstić information content (AvgIpc) is 2.46. The monoisotopic (exact) mass is 342 g/mol. The molecule has 2 rings (SSSR count). The lowest BCUT2D eigenvalue weighted by Crippen LogP contribution is -2.39. The van der Waals surface area contributed by atoms with Crippen molar-refractivity contribution in [2.24, 2.45) is 11.7 Å². The number of esters is 1. The van der Waals surface area contributed by atoms with Crippen LogP contribution >= 0.6 is 12.2 Å². The number of hydrogen-bond acceptors (Lipinski definition) is 4. The van der Waals surface area contributed by atoms with Crippen molar-refractivity contribution in [2.45, 2.75) is 32.8 Å². The summed E-state index contributed by atoms with van der Waals surface area (Å²) in [4.78, 5) is 12.6. The van der Waals surface area contributed by atoms with E-state index in [2.05, 4.69) is 0 Å². The molecule has 4 nitrogen and oxygen atoms in total. The molecule has 0 spiro atoms. The fourth-order valence-electron chi connectivity index (χ4n) is 2.96. The molecule has 0 bridgehead atoms. The van der Waals surface area contributed by atoms with Crippen molar-refractivity contribution in [3.8, 4) is 0 Å². The van der Waals surface area contributed by atoms with Gasteiger partial charge in [-0.1, -0.05) is 12.2 Å². The van der Waals surface area contributed by atoms with E-state index in [1.807, 2.05) is 6.92 Å². The summed E-state index contributed by atoms with van der Waals surface area (Å²) in [6, 6.07) is 2.32. The maximum absolute atomic E-state index is 14.2. The van der Waals surface area contributed by atoms with Crippen LogP contribution in [0.3, 0.4) is 0 Å². The number of anilines is 1. The molecule has 0 aromatic heterocycles. The summed E-state index contributed by atoms with van der Waals surface area (Å²) >= 11 is 4.75. The molecule has 1 aliphatic heterocycles. The molecule has 1 saturated heterocycles. The first kappa shape index (κ1) is 17.6. The maximum atomic E-state index is 14.2. The third kappa shape index (κ3) is 4.16. The predicted octanol–water partition coefficient (Wildman–Crippen LogP) is 2.77. The summed E-state index contributed by atoms with van der Waals surface area (Å²) in [5.41, 5.74) is 5.54. The Morgan fingerprint density at radius 1 is 1.35 bits per heavy atom. The number of carbonyl (C=O) groups excluding carboxylic acids is 1. The number of benzene rings is 1. The SMILES string of the molecule is CC(=O)OC(C)C1CCN(c2c(F)cc(C(N)=S)cc2F)CC1. The zero-order chi connectivity index (χ0) is 17.1. The van der Waals surface area contributed by atoms with E-state index in [-0.39, 0.29) is 34.2 Å². The van der Waals surface area contributed by atoms with Gasteiger partial charge < -0.3 is 15.4 Å². The topological polar surface area (TPSA) is 55.6 Å². The Morgan fingerprint density at radius 2 is 1.87 bits per heavy atom. The van der Waals surface area contributed by atoms with Crippen LogP contribution in [0.4, 0.5) is 14.5 Å². The quantitative estimate of drug-likeness (QED) is 0.674. The molecule has 0 radical (unpaired) electrons. The molecular formula is C16H20F2N2O2S. The number of nitrogens with two attached hydrogens (primary N) is 1. The molecule has 1 aromatic rings. The molecule has 1 heterocycles. The second kappa shape index (κ2) is 7.21. The molecule has 126 valence electrons. The fraction of sp³-hybridized carbons (Fsp3) is 0.500. The van der Waals surface area contributed by atoms with Crippen molar-refractivity contribution in [3.05, 3.63) is 29.3 Å². The number of ether oxygens (including phenoxy) is 1. The van der Waals surface area contributed by atoms with Crippen LogP contribution in [-0.2, 0) is 9.53 Å². The van der Waals surface area contributed by atoms with Crippen LogP contribution in [0.15, 0.2) is 12.1 Å².